The topological polar surface area (TPSA) is 73.4 Å². The van der Waals surface area contributed by atoms with Gasteiger partial charge in [-0.25, -0.2) is 4.79 Å². The minimum Gasteiger partial charge on any atom is -0.598 e. The number of hydrogen-bond acceptors (Lipinski definition) is 4. The highest BCUT2D eigenvalue weighted by atomic mass is 32.2. The van der Waals surface area contributed by atoms with E-state index in [0.717, 1.165) is 32.2 Å². The number of ether oxygens (including phenoxy) is 1. The van der Waals surface area contributed by atoms with Gasteiger partial charge in [0.05, 0.1) is 0 Å². The molecule has 1 aliphatic carbocycles. The van der Waals surface area contributed by atoms with Crippen molar-refractivity contribution in [1.82, 2.24) is 10.0 Å². The van der Waals surface area contributed by atoms with E-state index < -0.39 is 17.0 Å². The van der Waals surface area contributed by atoms with Crippen LogP contribution in [-0.2, 0) is 16.1 Å². The average molecular weight is 333 g/mol. The Morgan fingerprint density at radius 2 is 1.68 bits per heavy atom. The zero-order valence-corrected chi connectivity index (χ0v) is 15.6. The van der Waals surface area contributed by atoms with Crippen LogP contribution in [0.25, 0.3) is 0 Å². The summed E-state index contributed by atoms with van der Waals surface area (Å²) < 4.78 is 20.2. The molecule has 1 aliphatic rings. The predicted octanol–water partition coefficient (Wildman–Crippen LogP) is 3.12. The fraction of sp³-hybridized carbons (Fsp3) is 0.938. The summed E-state index contributed by atoms with van der Waals surface area (Å²) in [7, 11) is 0. The largest absolute Gasteiger partial charge is 0.598 e. The Labute approximate surface area is 138 Å². The molecule has 0 aromatic heterocycles. The van der Waals surface area contributed by atoms with Gasteiger partial charge in [-0.1, -0.05) is 0 Å². The van der Waals surface area contributed by atoms with Crippen LogP contribution in [-0.4, -0.2) is 33.6 Å². The van der Waals surface area contributed by atoms with Crippen molar-refractivity contribution in [2.24, 2.45) is 5.92 Å². The number of carbonyl (C=O) groups is 1. The maximum atomic E-state index is 12.0. The van der Waals surface area contributed by atoms with Gasteiger partial charge in [0.1, 0.15) is 10.3 Å². The minimum absolute atomic E-state index is 0.194. The lowest BCUT2D eigenvalue weighted by Crippen LogP contribution is -2.44. The molecule has 5 nitrogen and oxygen atoms in total. The van der Waals surface area contributed by atoms with Gasteiger partial charge in [-0.15, -0.1) is 4.72 Å². The first-order valence-electron chi connectivity index (χ1n) is 8.12. The van der Waals surface area contributed by atoms with Gasteiger partial charge in [-0.05, 0) is 73.1 Å². The van der Waals surface area contributed by atoms with Gasteiger partial charge in [0.15, 0.2) is 0 Å². The number of rotatable bonds is 4. The Bertz CT molecular complexity index is 355. The van der Waals surface area contributed by atoms with Gasteiger partial charge < -0.3 is 14.6 Å². The third kappa shape index (κ3) is 7.70. The Hall–Kier alpha value is -0.460. The molecule has 1 rings (SSSR count). The van der Waals surface area contributed by atoms with Crippen LogP contribution in [0.5, 0.6) is 0 Å². The fourth-order valence-corrected chi connectivity index (χ4v) is 3.22. The van der Waals surface area contributed by atoms with E-state index in [4.69, 9.17) is 4.74 Å². The standard InChI is InChI=1S/C16H32N2O3S/c1-15(2,3)21-14(19)18-13-9-7-12(8-10-13)11-17-22(20)16(4,5)6/h12-13,17H,7-11H2,1-6H3,(H,18,19)/t12-,13-,22?. The van der Waals surface area contributed by atoms with Crippen LogP contribution < -0.4 is 10.0 Å². The van der Waals surface area contributed by atoms with Crippen LogP contribution >= 0.6 is 0 Å². The molecule has 1 atom stereocenters. The second-order valence-electron chi connectivity index (χ2n) is 8.09. The Balaban J connectivity index is 2.25. The first-order chi connectivity index (χ1) is 9.97. The molecule has 1 amide bonds. The summed E-state index contributed by atoms with van der Waals surface area (Å²) >= 11 is -1.01. The molecule has 22 heavy (non-hydrogen) atoms. The number of alkyl carbamates (subject to hydrolysis) is 1. The van der Waals surface area contributed by atoms with Crippen molar-refractivity contribution in [3.05, 3.63) is 0 Å². The quantitative estimate of drug-likeness (QED) is 0.776. The Morgan fingerprint density at radius 3 is 2.14 bits per heavy atom. The van der Waals surface area contributed by atoms with E-state index in [-0.39, 0.29) is 16.9 Å². The van der Waals surface area contributed by atoms with E-state index in [0.29, 0.717) is 5.92 Å². The van der Waals surface area contributed by atoms with Crippen molar-refractivity contribution in [2.75, 3.05) is 6.54 Å². The molecule has 130 valence electrons. The summed E-state index contributed by atoms with van der Waals surface area (Å²) in [6, 6.07) is 0.194. The van der Waals surface area contributed by atoms with Crippen molar-refractivity contribution in [2.45, 2.75) is 83.6 Å². The molecule has 1 saturated carbocycles. The van der Waals surface area contributed by atoms with Gasteiger partial charge >= 0.3 is 6.09 Å². The number of amides is 1. The first kappa shape index (κ1) is 19.6. The maximum absolute atomic E-state index is 12.0. The summed E-state index contributed by atoms with van der Waals surface area (Å²) in [5, 5.41) is 2.94. The highest BCUT2D eigenvalue weighted by Gasteiger charge is 2.29. The summed E-state index contributed by atoms with van der Waals surface area (Å²) in [6.45, 7) is 12.3. The summed E-state index contributed by atoms with van der Waals surface area (Å²) in [6.07, 6.45) is 3.65. The Morgan fingerprint density at radius 1 is 1.14 bits per heavy atom. The highest BCUT2D eigenvalue weighted by Crippen LogP contribution is 2.25. The van der Waals surface area contributed by atoms with E-state index in [1.807, 2.05) is 41.5 Å². The van der Waals surface area contributed by atoms with Crippen LogP contribution in [0.1, 0.15) is 67.2 Å². The molecule has 0 bridgehead atoms. The van der Waals surface area contributed by atoms with Crippen molar-refractivity contribution in [1.29, 1.82) is 0 Å². The number of hydrogen-bond donors (Lipinski definition) is 2. The van der Waals surface area contributed by atoms with Crippen molar-refractivity contribution < 1.29 is 14.1 Å². The lowest BCUT2D eigenvalue weighted by Gasteiger charge is -2.31. The van der Waals surface area contributed by atoms with Gasteiger partial charge in [0, 0.05) is 23.9 Å². The van der Waals surface area contributed by atoms with Crippen LogP contribution in [0.4, 0.5) is 4.79 Å². The van der Waals surface area contributed by atoms with E-state index in [1.54, 1.807) is 0 Å². The van der Waals surface area contributed by atoms with E-state index in [2.05, 4.69) is 10.0 Å². The molecule has 0 aromatic rings. The lowest BCUT2D eigenvalue weighted by molar-refractivity contribution is 0.0487. The molecular formula is C16H32N2O3S. The van der Waals surface area contributed by atoms with Crippen LogP contribution in [0.15, 0.2) is 0 Å². The molecule has 1 fully saturated rings. The third-order valence-corrected chi connectivity index (χ3v) is 5.17. The van der Waals surface area contributed by atoms with E-state index in [1.165, 1.54) is 0 Å². The predicted molar refractivity (Wildman–Crippen MR) is 91.0 cm³/mol. The van der Waals surface area contributed by atoms with Gasteiger partial charge in [0.2, 0.25) is 0 Å². The average Bonchev–Trinajstić information content (AvgIpc) is 2.34. The molecule has 0 aromatic carbocycles. The van der Waals surface area contributed by atoms with Gasteiger partial charge in [-0.2, -0.15) is 0 Å². The molecular weight excluding hydrogens is 300 g/mol. The van der Waals surface area contributed by atoms with Gasteiger partial charge in [-0.3, -0.25) is 0 Å². The Kier molecular flexibility index (Phi) is 7.02. The lowest BCUT2D eigenvalue weighted by atomic mass is 9.86. The van der Waals surface area contributed by atoms with Crippen LogP contribution in [0, 0.1) is 5.92 Å². The molecule has 0 heterocycles. The highest BCUT2D eigenvalue weighted by molar-refractivity contribution is 7.90. The van der Waals surface area contributed by atoms with Crippen molar-refractivity contribution in [3.63, 3.8) is 0 Å². The third-order valence-electron chi connectivity index (χ3n) is 3.63. The molecule has 0 radical (unpaired) electrons. The van der Waals surface area contributed by atoms with Gasteiger partial charge in [0.25, 0.3) is 0 Å². The second kappa shape index (κ2) is 7.88. The normalized spacial score (nSPS) is 24.7. The van der Waals surface area contributed by atoms with E-state index >= 15 is 0 Å². The summed E-state index contributed by atoms with van der Waals surface area (Å²) in [5.41, 5.74) is -0.456. The molecule has 0 aliphatic heterocycles. The number of nitrogens with one attached hydrogen (secondary N) is 2. The van der Waals surface area contributed by atoms with Crippen LogP contribution in [0.2, 0.25) is 0 Å². The summed E-state index contributed by atoms with van der Waals surface area (Å²) in [5.74, 6) is 0.531. The molecule has 2 N–H and O–H groups in total. The summed E-state index contributed by atoms with van der Waals surface area (Å²) in [4.78, 5) is 11.7. The second-order valence-corrected chi connectivity index (χ2v) is 10.1. The van der Waals surface area contributed by atoms with E-state index in [9.17, 15) is 9.35 Å². The molecule has 0 saturated heterocycles. The number of carbonyl (C=O) groups excluding carboxylic acids is 1. The smallest absolute Gasteiger partial charge is 0.407 e. The first-order valence-corrected chi connectivity index (χ1v) is 9.27. The maximum Gasteiger partial charge on any atom is 0.407 e. The zero-order valence-electron chi connectivity index (χ0n) is 14.8. The molecule has 6 heteroatoms. The minimum atomic E-state index is -1.01. The SMILES string of the molecule is CC(C)(C)OC(=O)N[C@H]1CC[C@H](CN[S+]([O-])C(C)(C)C)CC1. The molecule has 1 unspecified atom stereocenters. The van der Waals surface area contributed by atoms with Crippen molar-refractivity contribution in [3.8, 4) is 0 Å². The monoisotopic (exact) mass is 332 g/mol. The zero-order chi connectivity index (χ0) is 17.0. The molecule has 0 spiro atoms. The van der Waals surface area contributed by atoms with Crippen LogP contribution in [0.3, 0.4) is 0 Å². The fourth-order valence-electron chi connectivity index (χ4n) is 2.40. The van der Waals surface area contributed by atoms with Crippen molar-refractivity contribution >= 4 is 17.5 Å².